The molecule has 0 radical (unpaired) electrons. The molecule has 1 fully saturated rings. The molecule has 1 saturated heterocycles. The van der Waals surface area contributed by atoms with E-state index in [2.05, 4.69) is 41.6 Å². The second kappa shape index (κ2) is 3.90. The summed E-state index contributed by atoms with van der Waals surface area (Å²) in [5.41, 5.74) is 0. The maximum Gasteiger partial charge on any atom is 0.00846 e. The molecule has 1 heterocycles. The number of likely N-dealkylation sites (tertiary alicyclic amines) is 1. The van der Waals surface area contributed by atoms with Crippen LogP contribution in [-0.4, -0.2) is 28.9 Å². The summed E-state index contributed by atoms with van der Waals surface area (Å²) in [6.07, 6.45) is 1.38. The van der Waals surface area contributed by atoms with E-state index in [0.29, 0.717) is 0 Å². The SMILES string of the molecule is CC(CBr)CN1C(C)CC1C. The lowest BCUT2D eigenvalue weighted by molar-refractivity contribution is 0.0275. The first-order valence-corrected chi connectivity index (χ1v) is 5.59. The predicted molar refractivity (Wildman–Crippen MR) is 53.2 cm³/mol. The van der Waals surface area contributed by atoms with E-state index < -0.39 is 0 Å². The van der Waals surface area contributed by atoms with Crippen LogP contribution < -0.4 is 0 Å². The number of nitrogens with zero attached hydrogens (tertiary/aromatic N) is 1. The van der Waals surface area contributed by atoms with E-state index in [1.807, 2.05) is 0 Å². The van der Waals surface area contributed by atoms with Crippen LogP contribution in [0.1, 0.15) is 27.2 Å². The highest BCUT2D eigenvalue weighted by Crippen LogP contribution is 2.25. The average molecular weight is 220 g/mol. The molecule has 0 spiro atoms. The van der Waals surface area contributed by atoms with E-state index in [-0.39, 0.29) is 0 Å². The molecule has 1 aliphatic heterocycles. The number of hydrogen-bond acceptors (Lipinski definition) is 1. The van der Waals surface area contributed by atoms with Crippen LogP contribution in [0.15, 0.2) is 0 Å². The summed E-state index contributed by atoms with van der Waals surface area (Å²) in [7, 11) is 0. The largest absolute Gasteiger partial charge is 0.298 e. The molecule has 0 aromatic heterocycles. The van der Waals surface area contributed by atoms with Crippen LogP contribution in [0.3, 0.4) is 0 Å². The molecule has 0 bridgehead atoms. The fourth-order valence-corrected chi connectivity index (χ4v) is 2.03. The highest BCUT2D eigenvalue weighted by Gasteiger charge is 2.31. The first kappa shape index (κ1) is 9.53. The molecule has 66 valence electrons. The van der Waals surface area contributed by atoms with Gasteiger partial charge in [-0.3, -0.25) is 4.90 Å². The van der Waals surface area contributed by atoms with Gasteiger partial charge in [-0.2, -0.15) is 0 Å². The van der Waals surface area contributed by atoms with Crippen molar-refractivity contribution in [1.29, 1.82) is 0 Å². The lowest BCUT2D eigenvalue weighted by Crippen LogP contribution is -2.54. The van der Waals surface area contributed by atoms with Gasteiger partial charge in [-0.15, -0.1) is 0 Å². The van der Waals surface area contributed by atoms with E-state index in [0.717, 1.165) is 23.3 Å². The molecule has 0 aliphatic carbocycles. The van der Waals surface area contributed by atoms with Crippen molar-refractivity contribution in [1.82, 2.24) is 4.90 Å². The smallest absolute Gasteiger partial charge is 0.00846 e. The van der Waals surface area contributed by atoms with Crippen LogP contribution >= 0.6 is 15.9 Å². The second-order valence-electron chi connectivity index (χ2n) is 3.89. The molecular weight excluding hydrogens is 202 g/mol. The third kappa shape index (κ3) is 2.19. The molecule has 3 unspecified atom stereocenters. The Kier molecular flexibility index (Phi) is 3.38. The van der Waals surface area contributed by atoms with Crippen LogP contribution in [0, 0.1) is 5.92 Å². The molecule has 0 aromatic carbocycles. The molecule has 0 N–H and O–H groups in total. The van der Waals surface area contributed by atoms with Gasteiger partial charge in [0.2, 0.25) is 0 Å². The van der Waals surface area contributed by atoms with Crippen molar-refractivity contribution in [3.05, 3.63) is 0 Å². The molecule has 1 rings (SSSR count). The van der Waals surface area contributed by atoms with Gasteiger partial charge in [0.05, 0.1) is 0 Å². The van der Waals surface area contributed by atoms with Gasteiger partial charge in [-0.1, -0.05) is 22.9 Å². The minimum absolute atomic E-state index is 0.792. The zero-order chi connectivity index (χ0) is 8.43. The summed E-state index contributed by atoms with van der Waals surface area (Å²) in [6.45, 7) is 8.20. The third-order valence-corrected chi connectivity index (χ3v) is 3.71. The Hall–Kier alpha value is 0.440. The fraction of sp³-hybridized carbons (Fsp3) is 1.00. The van der Waals surface area contributed by atoms with Crippen molar-refractivity contribution in [3.63, 3.8) is 0 Å². The van der Waals surface area contributed by atoms with Crippen molar-refractivity contribution in [2.24, 2.45) is 5.92 Å². The Morgan fingerprint density at radius 2 is 2.00 bits per heavy atom. The molecule has 3 atom stereocenters. The van der Waals surface area contributed by atoms with Crippen molar-refractivity contribution in [2.45, 2.75) is 39.3 Å². The van der Waals surface area contributed by atoms with Gasteiger partial charge >= 0.3 is 0 Å². The summed E-state index contributed by atoms with van der Waals surface area (Å²) >= 11 is 3.51. The third-order valence-electron chi connectivity index (χ3n) is 2.60. The van der Waals surface area contributed by atoms with Gasteiger partial charge in [-0.25, -0.2) is 0 Å². The minimum Gasteiger partial charge on any atom is -0.298 e. The zero-order valence-electron chi connectivity index (χ0n) is 7.68. The van der Waals surface area contributed by atoms with Gasteiger partial charge in [0, 0.05) is 24.0 Å². The lowest BCUT2D eigenvalue weighted by atomic mass is 9.94. The number of hydrogen-bond donors (Lipinski definition) is 0. The van der Waals surface area contributed by atoms with E-state index in [1.54, 1.807) is 0 Å². The quantitative estimate of drug-likeness (QED) is 0.660. The summed E-state index contributed by atoms with van der Waals surface area (Å²) in [5, 5.41) is 1.13. The Morgan fingerprint density at radius 1 is 1.45 bits per heavy atom. The summed E-state index contributed by atoms with van der Waals surface area (Å²) < 4.78 is 0. The molecule has 1 nitrogen and oxygen atoms in total. The highest BCUT2D eigenvalue weighted by molar-refractivity contribution is 9.09. The molecule has 0 amide bonds. The van der Waals surface area contributed by atoms with Crippen molar-refractivity contribution in [3.8, 4) is 0 Å². The lowest BCUT2D eigenvalue weighted by Gasteiger charge is -2.46. The summed E-state index contributed by atoms with van der Waals surface area (Å²) in [5.74, 6) is 0.792. The number of rotatable bonds is 3. The van der Waals surface area contributed by atoms with Crippen LogP contribution in [0.25, 0.3) is 0 Å². The van der Waals surface area contributed by atoms with Gasteiger partial charge in [0.1, 0.15) is 0 Å². The molecule has 1 aliphatic rings. The van der Waals surface area contributed by atoms with Crippen LogP contribution in [0.2, 0.25) is 0 Å². The fourth-order valence-electron chi connectivity index (χ4n) is 1.83. The predicted octanol–water partition coefficient (Wildman–Crippen LogP) is 2.50. The van der Waals surface area contributed by atoms with E-state index in [4.69, 9.17) is 0 Å². The highest BCUT2D eigenvalue weighted by atomic mass is 79.9. The topological polar surface area (TPSA) is 3.24 Å². The second-order valence-corrected chi connectivity index (χ2v) is 4.54. The summed E-state index contributed by atoms with van der Waals surface area (Å²) in [6, 6.07) is 1.65. The molecule has 11 heavy (non-hydrogen) atoms. The Balaban J connectivity index is 2.25. The molecule has 0 aromatic rings. The average Bonchev–Trinajstić information content (AvgIpc) is 2.00. The Morgan fingerprint density at radius 3 is 2.36 bits per heavy atom. The van der Waals surface area contributed by atoms with Crippen LogP contribution in [0.5, 0.6) is 0 Å². The molecular formula is C9H18BrN. The van der Waals surface area contributed by atoms with Crippen LogP contribution in [-0.2, 0) is 0 Å². The van der Waals surface area contributed by atoms with Crippen molar-refractivity contribution >= 4 is 15.9 Å². The molecule has 0 saturated carbocycles. The van der Waals surface area contributed by atoms with Crippen LogP contribution in [0.4, 0.5) is 0 Å². The maximum atomic E-state index is 3.51. The van der Waals surface area contributed by atoms with Gasteiger partial charge < -0.3 is 0 Å². The number of alkyl halides is 1. The van der Waals surface area contributed by atoms with E-state index >= 15 is 0 Å². The number of halogens is 1. The zero-order valence-corrected chi connectivity index (χ0v) is 9.26. The summed E-state index contributed by atoms with van der Waals surface area (Å²) in [4.78, 5) is 2.59. The Bertz CT molecular complexity index is 119. The first-order chi connectivity index (χ1) is 5.15. The van der Waals surface area contributed by atoms with E-state index in [9.17, 15) is 0 Å². The van der Waals surface area contributed by atoms with Gasteiger partial charge in [-0.05, 0) is 26.2 Å². The molecule has 2 heteroatoms. The van der Waals surface area contributed by atoms with Gasteiger partial charge in [0.25, 0.3) is 0 Å². The minimum atomic E-state index is 0.792. The standard InChI is InChI=1S/C9H18BrN/c1-7(5-10)6-11-8(2)4-9(11)3/h7-9H,4-6H2,1-3H3. The maximum absolute atomic E-state index is 3.51. The van der Waals surface area contributed by atoms with Crippen molar-refractivity contribution in [2.75, 3.05) is 11.9 Å². The normalized spacial score (nSPS) is 34.9. The van der Waals surface area contributed by atoms with Gasteiger partial charge in [0.15, 0.2) is 0 Å². The monoisotopic (exact) mass is 219 g/mol. The van der Waals surface area contributed by atoms with E-state index in [1.165, 1.54) is 13.0 Å². The first-order valence-electron chi connectivity index (χ1n) is 4.46. The Labute approximate surface area is 78.3 Å². The van der Waals surface area contributed by atoms with Crippen molar-refractivity contribution < 1.29 is 0 Å².